The first-order valence-electron chi connectivity index (χ1n) is 7.70. The molecule has 0 aromatic heterocycles. The maximum Gasteiger partial charge on any atom is 0.219 e. The van der Waals surface area contributed by atoms with Gasteiger partial charge in [0.25, 0.3) is 0 Å². The molecule has 2 amide bonds. The van der Waals surface area contributed by atoms with Gasteiger partial charge in [0.15, 0.2) is 0 Å². The lowest BCUT2D eigenvalue weighted by Crippen LogP contribution is -2.46. The van der Waals surface area contributed by atoms with E-state index in [0.717, 1.165) is 26.2 Å². The highest BCUT2D eigenvalue weighted by Gasteiger charge is 2.14. The summed E-state index contributed by atoms with van der Waals surface area (Å²) < 4.78 is 0. The van der Waals surface area contributed by atoms with Gasteiger partial charge in [0.1, 0.15) is 0 Å². The molecular weight excluding hydrogens is 278 g/mol. The lowest BCUT2D eigenvalue weighted by atomic mass is 9.95. The van der Waals surface area contributed by atoms with E-state index in [1.807, 2.05) is 4.90 Å². The summed E-state index contributed by atoms with van der Waals surface area (Å²) in [6.45, 7) is 7.04. The molecule has 1 aliphatic heterocycles. The first kappa shape index (κ1) is 23.2. The van der Waals surface area contributed by atoms with Gasteiger partial charge in [-0.25, -0.2) is 0 Å². The summed E-state index contributed by atoms with van der Waals surface area (Å²) in [5.41, 5.74) is 0. The van der Waals surface area contributed by atoms with Crippen molar-refractivity contribution in [2.24, 2.45) is 0 Å². The first-order chi connectivity index (χ1) is 9.49. The largest absolute Gasteiger partial charge is 0.354 e. The van der Waals surface area contributed by atoms with Gasteiger partial charge < -0.3 is 15.1 Å². The Morgan fingerprint density at radius 2 is 1.41 bits per heavy atom. The number of rotatable bonds is 1. The lowest BCUT2D eigenvalue weighted by molar-refractivity contribution is -0.130. The van der Waals surface area contributed by atoms with Crippen LogP contribution in [-0.2, 0) is 9.59 Å². The van der Waals surface area contributed by atoms with Crippen LogP contribution in [0, 0.1) is 0 Å². The summed E-state index contributed by atoms with van der Waals surface area (Å²) >= 11 is 0. The van der Waals surface area contributed by atoms with Gasteiger partial charge >= 0.3 is 0 Å². The van der Waals surface area contributed by atoms with Crippen molar-refractivity contribution in [3.05, 3.63) is 0 Å². The third-order valence-corrected chi connectivity index (χ3v) is 3.96. The van der Waals surface area contributed by atoms with Gasteiger partial charge in [-0.05, 0) is 19.9 Å². The number of piperazine rings is 1. The number of nitrogens with one attached hydrogen (secondary N) is 1. The second-order valence-corrected chi connectivity index (χ2v) is 5.84. The van der Waals surface area contributed by atoms with Crippen LogP contribution in [-0.4, -0.2) is 60.9 Å². The van der Waals surface area contributed by atoms with Gasteiger partial charge in [-0.15, -0.1) is 0 Å². The maximum absolute atomic E-state index is 10.8. The van der Waals surface area contributed by atoms with Crippen molar-refractivity contribution in [1.29, 1.82) is 0 Å². The Bertz CT molecular complexity index is 307. The summed E-state index contributed by atoms with van der Waals surface area (Å²) in [5.74, 6) is 0.319. The third kappa shape index (κ3) is 9.77. The number of carbonyl (C=O) groups excluding carboxylic acids is 2. The number of hydrogen-bond acceptors (Lipinski definition) is 3. The molecule has 22 heavy (non-hydrogen) atoms. The van der Waals surface area contributed by atoms with Crippen molar-refractivity contribution in [1.82, 2.24) is 15.1 Å². The van der Waals surface area contributed by atoms with E-state index in [2.05, 4.69) is 17.3 Å². The van der Waals surface area contributed by atoms with Crippen molar-refractivity contribution in [3.63, 3.8) is 0 Å². The van der Waals surface area contributed by atoms with Gasteiger partial charge in [0, 0.05) is 46.1 Å². The van der Waals surface area contributed by atoms with E-state index >= 15 is 0 Å². The molecule has 2 aliphatic rings. The molecule has 1 saturated heterocycles. The number of carbonyl (C=O) groups is 2. The van der Waals surface area contributed by atoms with E-state index < -0.39 is 0 Å². The number of hydrogen-bond donors (Lipinski definition) is 1. The van der Waals surface area contributed by atoms with Crippen molar-refractivity contribution < 1.29 is 9.59 Å². The zero-order chi connectivity index (χ0) is 15.0. The highest BCUT2D eigenvalue weighted by molar-refractivity contribution is 5.73. The summed E-state index contributed by atoms with van der Waals surface area (Å²) in [5, 5.41) is 2.94. The molecule has 0 bridgehead atoms. The minimum atomic E-state index is 0. The summed E-state index contributed by atoms with van der Waals surface area (Å²) in [4.78, 5) is 25.5. The van der Waals surface area contributed by atoms with E-state index in [1.54, 1.807) is 13.8 Å². The molecule has 2 fully saturated rings. The highest BCUT2D eigenvalue weighted by Crippen LogP contribution is 2.16. The SMILES string of the molecule is C.C.CC(=O)N1CCN(C)CC1.CC(=O)NC1CCCCC1. The van der Waals surface area contributed by atoms with Crippen LogP contribution in [0.3, 0.4) is 0 Å². The van der Waals surface area contributed by atoms with Crippen LogP contribution in [0.1, 0.15) is 60.8 Å². The molecule has 5 nitrogen and oxygen atoms in total. The van der Waals surface area contributed by atoms with E-state index in [9.17, 15) is 9.59 Å². The minimum absolute atomic E-state index is 0. The van der Waals surface area contributed by atoms with E-state index in [1.165, 1.54) is 32.1 Å². The van der Waals surface area contributed by atoms with Crippen molar-refractivity contribution >= 4 is 11.8 Å². The quantitative estimate of drug-likeness (QED) is 0.809. The third-order valence-electron chi connectivity index (χ3n) is 3.96. The smallest absolute Gasteiger partial charge is 0.219 e. The topological polar surface area (TPSA) is 52.7 Å². The van der Waals surface area contributed by atoms with Gasteiger partial charge in [0.2, 0.25) is 11.8 Å². The second kappa shape index (κ2) is 12.4. The van der Waals surface area contributed by atoms with Crippen molar-refractivity contribution in [3.8, 4) is 0 Å². The van der Waals surface area contributed by atoms with Crippen LogP contribution in [0.5, 0.6) is 0 Å². The predicted molar refractivity (Wildman–Crippen MR) is 93.9 cm³/mol. The molecule has 132 valence electrons. The molecule has 0 unspecified atom stereocenters. The summed E-state index contributed by atoms with van der Waals surface area (Å²) in [6, 6.07) is 0.478. The van der Waals surface area contributed by atoms with Gasteiger partial charge in [0.05, 0.1) is 0 Å². The Balaban J connectivity index is 0. The molecule has 0 aromatic carbocycles. The molecule has 0 radical (unpaired) electrons. The fourth-order valence-electron chi connectivity index (χ4n) is 2.66. The molecule has 1 heterocycles. The Hall–Kier alpha value is -1.10. The van der Waals surface area contributed by atoms with Gasteiger partial charge in [-0.2, -0.15) is 0 Å². The fourth-order valence-corrected chi connectivity index (χ4v) is 2.66. The maximum atomic E-state index is 10.8. The first-order valence-corrected chi connectivity index (χ1v) is 7.70. The van der Waals surface area contributed by atoms with E-state index in [0.29, 0.717) is 6.04 Å². The van der Waals surface area contributed by atoms with Gasteiger partial charge in [-0.1, -0.05) is 34.1 Å². The highest BCUT2D eigenvalue weighted by atomic mass is 16.2. The fraction of sp³-hybridized carbons (Fsp3) is 0.882. The average Bonchev–Trinajstić information content (AvgIpc) is 2.40. The minimum Gasteiger partial charge on any atom is -0.354 e. The zero-order valence-corrected chi connectivity index (χ0v) is 13.2. The normalized spacial score (nSPS) is 19.0. The van der Waals surface area contributed by atoms with Crippen LogP contribution in [0.15, 0.2) is 0 Å². The standard InChI is InChI=1S/C8H15NO.C7H14N2O.2CH4/c1-7(10)9-8-5-3-2-4-6-8;1-7(10)9-5-3-8(2)4-6-9;;/h8H,2-6H2,1H3,(H,9,10);3-6H2,1-2H3;2*1H4. The Morgan fingerprint density at radius 1 is 0.909 bits per heavy atom. The predicted octanol–water partition coefficient (Wildman–Crippen LogP) is 2.51. The molecule has 1 aliphatic carbocycles. The van der Waals surface area contributed by atoms with E-state index in [-0.39, 0.29) is 26.7 Å². The molecule has 2 rings (SSSR count). The van der Waals surface area contributed by atoms with E-state index in [4.69, 9.17) is 0 Å². The summed E-state index contributed by atoms with van der Waals surface area (Å²) in [7, 11) is 2.08. The second-order valence-electron chi connectivity index (χ2n) is 5.84. The molecule has 0 aromatic rings. The Labute approximate surface area is 137 Å². The average molecular weight is 316 g/mol. The molecule has 0 atom stereocenters. The van der Waals surface area contributed by atoms with Crippen LogP contribution < -0.4 is 5.32 Å². The van der Waals surface area contributed by atoms with Crippen LogP contribution in [0.2, 0.25) is 0 Å². The molecule has 0 spiro atoms. The van der Waals surface area contributed by atoms with Crippen molar-refractivity contribution in [2.45, 2.75) is 66.8 Å². The van der Waals surface area contributed by atoms with Crippen LogP contribution >= 0.6 is 0 Å². The Kier molecular flexibility index (Phi) is 13.1. The number of likely N-dealkylation sites (N-methyl/N-ethyl adjacent to an activating group) is 1. The molecule has 1 N–H and O–H groups in total. The van der Waals surface area contributed by atoms with Crippen LogP contribution in [0.25, 0.3) is 0 Å². The zero-order valence-electron chi connectivity index (χ0n) is 13.2. The molecule has 5 heteroatoms. The number of amides is 2. The lowest BCUT2D eigenvalue weighted by Gasteiger charge is -2.31. The van der Waals surface area contributed by atoms with Gasteiger partial charge in [-0.3, -0.25) is 9.59 Å². The Morgan fingerprint density at radius 3 is 1.82 bits per heavy atom. The van der Waals surface area contributed by atoms with Crippen molar-refractivity contribution in [2.75, 3.05) is 33.2 Å². The van der Waals surface area contributed by atoms with Crippen LogP contribution in [0.4, 0.5) is 0 Å². The monoisotopic (exact) mass is 315 g/mol. The molecular formula is C17H37N3O2. The molecule has 1 saturated carbocycles. The number of nitrogens with zero attached hydrogens (tertiary/aromatic N) is 2. The summed E-state index contributed by atoms with van der Waals surface area (Å²) in [6.07, 6.45) is 6.27.